The van der Waals surface area contributed by atoms with Gasteiger partial charge >= 0.3 is 5.69 Å². The fourth-order valence-corrected chi connectivity index (χ4v) is 4.29. The lowest BCUT2D eigenvalue weighted by Gasteiger charge is -2.40. The molecule has 2 aliphatic heterocycles. The summed E-state index contributed by atoms with van der Waals surface area (Å²) >= 11 is 0. The van der Waals surface area contributed by atoms with Crippen LogP contribution in [-0.2, 0) is 0 Å². The number of benzene rings is 2. The number of anilines is 1. The highest BCUT2D eigenvalue weighted by Crippen LogP contribution is 2.39. The summed E-state index contributed by atoms with van der Waals surface area (Å²) in [6.45, 7) is 6.48. The highest BCUT2D eigenvalue weighted by molar-refractivity contribution is 5.65. The Morgan fingerprint density at radius 3 is 2.45 bits per heavy atom. The van der Waals surface area contributed by atoms with Gasteiger partial charge in [0.25, 0.3) is 0 Å². The molecule has 0 bridgehead atoms. The average Bonchev–Trinajstić information content (AvgIpc) is 3.20. The first kappa shape index (κ1) is 19.7. The molecule has 1 aromatic heterocycles. The molecule has 162 valence electrons. The van der Waals surface area contributed by atoms with Gasteiger partial charge in [-0.05, 0) is 43.3 Å². The second-order valence-electron chi connectivity index (χ2n) is 7.79. The molecular formula is C23H25FN4O3. The van der Waals surface area contributed by atoms with Gasteiger partial charge in [-0.3, -0.25) is 14.0 Å². The Bertz CT molecular complexity index is 1120. The number of halogens is 1. The van der Waals surface area contributed by atoms with Crippen LogP contribution in [0.1, 0.15) is 13.1 Å². The Labute approximate surface area is 179 Å². The number of imidazole rings is 1. The lowest BCUT2D eigenvalue weighted by molar-refractivity contribution is 0.140. The number of ether oxygens (including phenoxy) is 2. The van der Waals surface area contributed by atoms with Crippen molar-refractivity contribution in [2.24, 2.45) is 0 Å². The van der Waals surface area contributed by atoms with Crippen molar-refractivity contribution in [1.82, 2.24) is 14.0 Å². The number of piperazine rings is 1. The predicted molar refractivity (Wildman–Crippen MR) is 116 cm³/mol. The van der Waals surface area contributed by atoms with Crippen LogP contribution < -0.4 is 20.1 Å². The molecule has 1 saturated heterocycles. The van der Waals surface area contributed by atoms with Gasteiger partial charge < -0.3 is 14.4 Å². The highest BCUT2D eigenvalue weighted by atomic mass is 19.1. The number of aromatic nitrogens is 2. The van der Waals surface area contributed by atoms with Crippen LogP contribution in [-0.4, -0.2) is 53.4 Å². The molecular weight excluding hydrogens is 399 g/mol. The van der Waals surface area contributed by atoms with Gasteiger partial charge in [0.2, 0.25) is 0 Å². The molecule has 0 amide bonds. The van der Waals surface area contributed by atoms with Gasteiger partial charge in [0, 0.05) is 38.6 Å². The van der Waals surface area contributed by atoms with E-state index in [1.165, 1.54) is 12.1 Å². The summed E-state index contributed by atoms with van der Waals surface area (Å²) in [7, 11) is 0. The van der Waals surface area contributed by atoms with E-state index in [9.17, 15) is 9.18 Å². The molecule has 1 atom stereocenters. The van der Waals surface area contributed by atoms with E-state index < -0.39 is 0 Å². The van der Waals surface area contributed by atoms with Crippen molar-refractivity contribution in [3.8, 4) is 17.2 Å². The van der Waals surface area contributed by atoms with Crippen molar-refractivity contribution in [3.05, 3.63) is 71.2 Å². The third-order valence-electron chi connectivity index (χ3n) is 6.04. The number of para-hydroxylation sites is 1. The first-order valence-electron chi connectivity index (χ1n) is 10.5. The smallest absolute Gasteiger partial charge is 0.334 e. The summed E-state index contributed by atoms with van der Waals surface area (Å²) in [6.07, 6.45) is 3.44. The summed E-state index contributed by atoms with van der Waals surface area (Å²) < 4.78 is 28.0. The molecule has 0 N–H and O–H groups in total. The quantitative estimate of drug-likeness (QED) is 0.645. The molecule has 0 spiro atoms. The minimum atomic E-state index is -0.320. The van der Waals surface area contributed by atoms with E-state index in [0.29, 0.717) is 18.9 Å². The van der Waals surface area contributed by atoms with Crippen molar-refractivity contribution in [3.63, 3.8) is 0 Å². The molecule has 31 heavy (non-hydrogen) atoms. The Morgan fingerprint density at radius 1 is 0.935 bits per heavy atom. The zero-order valence-electron chi connectivity index (χ0n) is 17.4. The molecule has 3 aromatic rings. The van der Waals surface area contributed by atoms with Gasteiger partial charge in [0.15, 0.2) is 11.5 Å². The molecule has 5 rings (SSSR count). The number of rotatable bonds is 4. The van der Waals surface area contributed by atoms with Crippen LogP contribution in [0.3, 0.4) is 0 Å². The third kappa shape index (κ3) is 3.67. The molecule has 1 fully saturated rings. The Kier molecular flexibility index (Phi) is 5.15. The Morgan fingerprint density at radius 2 is 1.68 bits per heavy atom. The van der Waals surface area contributed by atoms with Crippen LogP contribution in [0.5, 0.6) is 11.5 Å². The topological polar surface area (TPSA) is 51.9 Å². The minimum absolute atomic E-state index is 0.0828. The Hall–Kier alpha value is -3.26. The number of fused-ring (bicyclic) bond motifs is 1. The van der Waals surface area contributed by atoms with E-state index >= 15 is 0 Å². The zero-order valence-corrected chi connectivity index (χ0v) is 17.4. The standard InChI is InChI=1S/C23H25FN4O3/c1-17(27-13-14-28(23(27)29)19-7-5-18(24)6-8-19)25-9-11-26(12-10-25)20-3-2-4-21-22(20)31-16-15-30-21/h2-8,13-14,17H,9-12,15-16H2,1H3. The van der Waals surface area contributed by atoms with Crippen molar-refractivity contribution >= 4 is 5.69 Å². The Balaban J connectivity index is 1.29. The maximum absolute atomic E-state index is 13.2. The van der Waals surface area contributed by atoms with Crippen molar-refractivity contribution < 1.29 is 13.9 Å². The summed E-state index contributed by atoms with van der Waals surface area (Å²) in [5.41, 5.74) is 1.58. The van der Waals surface area contributed by atoms with Gasteiger partial charge in [-0.1, -0.05) is 6.07 Å². The van der Waals surface area contributed by atoms with Crippen LogP contribution in [0, 0.1) is 5.82 Å². The van der Waals surface area contributed by atoms with E-state index in [-0.39, 0.29) is 17.7 Å². The van der Waals surface area contributed by atoms with Gasteiger partial charge in [0.05, 0.1) is 17.5 Å². The molecule has 2 aromatic carbocycles. The zero-order chi connectivity index (χ0) is 21.4. The summed E-state index contributed by atoms with van der Waals surface area (Å²) in [6, 6.07) is 11.9. The third-order valence-corrected chi connectivity index (χ3v) is 6.04. The van der Waals surface area contributed by atoms with Crippen LogP contribution in [0.2, 0.25) is 0 Å². The summed E-state index contributed by atoms with van der Waals surface area (Å²) in [4.78, 5) is 17.5. The maximum Gasteiger partial charge on any atom is 0.334 e. The van der Waals surface area contributed by atoms with Crippen molar-refractivity contribution in [2.75, 3.05) is 44.3 Å². The van der Waals surface area contributed by atoms with Crippen molar-refractivity contribution in [2.45, 2.75) is 13.1 Å². The maximum atomic E-state index is 13.2. The number of nitrogens with zero attached hydrogens (tertiary/aromatic N) is 4. The molecule has 0 saturated carbocycles. The van der Waals surface area contributed by atoms with E-state index in [1.807, 2.05) is 19.1 Å². The van der Waals surface area contributed by atoms with Crippen molar-refractivity contribution in [1.29, 1.82) is 0 Å². The molecule has 1 unspecified atom stereocenters. The van der Waals surface area contributed by atoms with E-state index in [2.05, 4.69) is 15.9 Å². The SMILES string of the molecule is CC(N1CCN(c2cccc3c2OCCO3)CC1)n1ccn(-c2ccc(F)cc2)c1=O. The van der Waals surface area contributed by atoms with Crippen LogP contribution >= 0.6 is 0 Å². The van der Waals surface area contributed by atoms with Gasteiger partial charge in [-0.15, -0.1) is 0 Å². The first-order valence-corrected chi connectivity index (χ1v) is 10.5. The molecule has 3 heterocycles. The monoisotopic (exact) mass is 424 g/mol. The normalized spacial score (nSPS) is 17.5. The number of hydrogen-bond donors (Lipinski definition) is 0. The summed E-state index contributed by atoms with van der Waals surface area (Å²) in [5, 5.41) is 0. The van der Waals surface area contributed by atoms with E-state index in [1.54, 1.807) is 33.7 Å². The fraction of sp³-hybridized carbons (Fsp3) is 0.348. The fourth-order valence-electron chi connectivity index (χ4n) is 4.29. The van der Waals surface area contributed by atoms with E-state index in [4.69, 9.17) is 9.47 Å². The largest absolute Gasteiger partial charge is 0.486 e. The minimum Gasteiger partial charge on any atom is -0.486 e. The number of hydrogen-bond acceptors (Lipinski definition) is 5. The predicted octanol–water partition coefficient (Wildman–Crippen LogP) is 2.89. The van der Waals surface area contributed by atoms with Crippen LogP contribution in [0.15, 0.2) is 59.7 Å². The first-order chi connectivity index (χ1) is 15.1. The van der Waals surface area contributed by atoms with E-state index in [0.717, 1.165) is 43.4 Å². The molecule has 7 nitrogen and oxygen atoms in total. The lowest BCUT2D eigenvalue weighted by atomic mass is 10.2. The van der Waals surface area contributed by atoms with Gasteiger partial charge in [-0.2, -0.15) is 0 Å². The average molecular weight is 424 g/mol. The molecule has 0 aliphatic carbocycles. The van der Waals surface area contributed by atoms with Gasteiger partial charge in [0.1, 0.15) is 19.0 Å². The molecule has 2 aliphatic rings. The highest BCUT2D eigenvalue weighted by Gasteiger charge is 2.26. The van der Waals surface area contributed by atoms with Crippen LogP contribution in [0.25, 0.3) is 5.69 Å². The van der Waals surface area contributed by atoms with Crippen LogP contribution in [0.4, 0.5) is 10.1 Å². The van der Waals surface area contributed by atoms with Gasteiger partial charge in [-0.25, -0.2) is 9.18 Å². The molecule has 8 heteroatoms. The lowest BCUT2D eigenvalue weighted by Crippen LogP contribution is -2.49. The molecule has 0 radical (unpaired) electrons. The second kappa shape index (κ2) is 8.11. The summed E-state index contributed by atoms with van der Waals surface area (Å²) in [5.74, 6) is 1.30. The second-order valence-corrected chi connectivity index (χ2v) is 7.79.